The molecule has 1 aromatic carbocycles. The number of benzene rings is 1. The van der Waals surface area contributed by atoms with E-state index in [1.807, 2.05) is 37.3 Å². The molecule has 17 heavy (non-hydrogen) atoms. The Kier molecular flexibility index (Phi) is 3.39. The van der Waals surface area contributed by atoms with Gasteiger partial charge < -0.3 is 5.73 Å². The lowest BCUT2D eigenvalue weighted by atomic mass is 10.1. The van der Waals surface area contributed by atoms with Crippen molar-refractivity contribution in [1.82, 2.24) is 0 Å². The van der Waals surface area contributed by atoms with Crippen LogP contribution in [0.2, 0.25) is 0 Å². The maximum absolute atomic E-state index is 11.8. The van der Waals surface area contributed by atoms with Gasteiger partial charge in [-0.25, -0.2) is 0 Å². The van der Waals surface area contributed by atoms with Crippen molar-refractivity contribution in [3.8, 4) is 0 Å². The average molecular weight is 230 g/mol. The van der Waals surface area contributed by atoms with Gasteiger partial charge in [0.2, 0.25) is 0 Å². The van der Waals surface area contributed by atoms with Crippen LogP contribution in [0.25, 0.3) is 0 Å². The fourth-order valence-electron chi connectivity index (χ4n) is 1.56. The van der Waals surface area contributed by atoms with Gasteiger partial charge in [0.25, 0.3) is 5.91 Å². The Morgan fingerprint density at radius 3 is 2.65 bits per heavy atom. The Balaban J connectivity index is 2.21. The molecule has 5 nitrogen and oxygen atoms in total. The molecule has 2 unspecified atom stereocenters. The van der Waals surface area contributed by atoms with Crippen LogP contribution in [-0.2, 0) is 4.79 Å². The fourth-order valence-corrected chi connectivity index (χ4v) is 1.56. The van der Waals surface area contributed by atoms with E-state index >= 15 is 0 Å². The molecule has 0 bridgehead atoms. The summed E-state index contributed by atoms with van der Waals surface area (Å²) in [4.78, 5) is 15.7. The molecule has 0 aromatic heterocycles. The third-order valence-electron chi connectivity index (χ3n) is 2.65. The van der Waals surface area contributed by atoms with Crippen LogP contribution < -0.4 is 5.73 Å². The van der Waals surface area contributed by atoms with E-state index in [0.29, 0.717) is 12.3 Å². The molecule has 2 rings (SSSR count). The second-order valence-corrected chi connectivity index (χ2v) is 3.87. The predicted molar refractivity (Wildman–Crippen MR) is 64.9 cm³/mol. The standard InChI is InChI=1S/C12H14N4O/c1-2-9(13)10-12(17)14-11(16-15-10)8-6-4-3-5-7-8/h3-7,9-10H,2,13H2,1H3. The first-order valence-electron chi connectivity index (χ1n) is 5.56. The summed E-state index contributed by atoms with van der Waals surface area (Å²) >= 11 is 0. The molecule has 1 amide bonds. The molecule has 0 spiro atoms. The smallest absolute Gasteiger partial charge is 0.276 e. The lowest BCUT2D eigenvalue weighted by molar-refractivity contribution is -0.119. The minimum atomic E-state index is -0.632. The number of carbonyl (C=O) groups excluding carboxylic acids is 1. The molecule has 1 heterocycles. The molecular weight excluding hydrogens is 216 g/mol. The largest absolute Gasteiger partial charge is 0.325 e. The zero-order chi connectivity index (χ0) is 12.3. The van der Waals surface area contributed by atoms with Crippen LogP contribution >= 0.6 is 0 Å². The van der Waals surface area contributed by atoms with Crippen LogP contribution in [0.15, 0.2) is 45.6 Å². The van der Waals surface area contributed by atoms with Gasteiger partial charge in [0.15, 0.2) is 11.9 Å². The Bertz CT molecular complexity index is 467. The number of hydrogen-bond donors (Lipinski definition) is 1. The number of rotatable bonds is 3. The summed E-state index contributed by atoms with van der Waals surface area (Å²) in [5.41, 5.74) is 6.56. The first kappa shape index (κ1) is 11.6. The first-order valence-corrected chi connectivity index (χ1v) is 5.56. The van der Waals surface area contributed by atoms with Crippen molar-refractivity contribution < 1.29 is 4.79 Å². The summed E-state index contributed by atoms with van der Waals surface area (Å²) in [7, 11) is 0. The van der Waals surface area contributed by atoms with E-state index in [2.05, 4.69) is 15.2 Å². The van der Waals surface area contributed by atoms with Crippen LogP contribution in [0.1, 0.15) is 18.9 Å². The minimum Gasteiger partial charge on any atom is -0.325 e. The van der Waals surface area contributed by atoms with Crippen molar-refractivity contribution in [2.75, 3.05) is 0 Å². The highest BCUT2D eigenvalue weighted by Gasteiger charge is 2.27. The number of aliphatic imine (C=N–C) groups is 1. The number of nitrogens with zero attached hydrogens (tertiary/aromatic N) is 3. The maximum Gasteiger partial charge on any atom is 0.276 e. The van der Waals surface area contributed by atoms with Crippen LogP contribution in [-0.4, -0.2) is 23.8 Å². The van der Waals surface area contributed by atoms with Crippen LogP contribution in [0, 0.1) is 0 Å². The summed E-state index contributed by atoms with van der Waals surface area (Å²) in [6.45, 7) is 1.91. The van der Waals surface area contributed by atoms with Gasteiger partial charge in [-0.3, -0.25) is 4.79 Å². The normalized spacial score (nSPS) is 21.2. The number of amides is 1. The van der Waals surface area contributed by atoms with Gasteiger partial charge in [-0.2, -0.15) is 10.1 Å². The van der Waals surface area contributed by atoms with E-state index in [1.54, 1.807) is 0 Å². The van der Waals surface area contributed by atoms with Crippen molar-refractivity contribution in [3.63, 3.8) is 0 Å². The third kappa shape index (κ3) is 2.45. The SMILES string of the molecule is CCC(N)C1N=NC(c2ccccc2)=NC1=O. The van der Waals surface area contributed by atoms with E-state index < -0.39 is 6.04 Å². The van der Waals surface area contributed by atoms with E-state index in [1.165, 1.54) is 0 Å². The van der Waals surface area contributed by atoms with Crippen LogP contribution in [0.4, 0.5) is 0 Å². The highest BCUT2D eigenvalue weighted by atomic mass is 16.2. The molecule has 5 heteroatoms. The molecule has 88 valence electrons. The summed E-state index contributed by atoms with van der Waals surface area (Å²) < 4.78 is 0. The van der Waals surface area contributed by atoms with Crippen LogP contribution in [0.3, 0.4) is 0 Å². The monoisotopic (exact) mass is 230 g/mol. The third-order valence-corrected chi connectivity index (χ3v) is 2.65. The molecule has 1 aromatic rings. The molecule has 0 saturated heterocycles. The molecule has 0 saturated carbocycles. The predicted octanol–water partition coefficient (Wildman–Crippen LogP) is 1.53. The molecule has 1 aliphatic heterocycles. The molecular formula is C12H14N4O. The van der Waals surface area contributed by atoms with Gasteiger partial charge in [-0.15, -0.1) is 5.11 Å². The second-order valence-electron chi connectivity index (χ2n) is 3.87. The Morgan fingerprint density at radius 1 is 1.35 bits per heavy atom. The quantitative estimate of drug-likeness (QED) is 0.854. The second kappa shape index (κ2) is 4.97. The molecule has 0 radical (unpaired) electrons. The van der Waals surface area contributed by atoms with E-state index in [-0.39, 0.29) is 11.9 Å². The molecule has 2 N–H and O–H groups in total. The molecule has 0 aliphatic carbocycles. The van der Waals surface area contributed by atoms with E-state index in [4.69, 9.17) is 5.73 Å². The van der Waals surface area contributed by atoms with Gasteiger partial charge in [0.1, 0.15) is 0 Å². The number of amidine groups is 1. The van der Waals surface area contributed by atoms with Crippen molar-refractivity contribution >= 4 is 11.7 Å². The summed E-state index contributed by atoms with van der Waals surface area (Å²) in [6.07, 6.45) is 0.672. The van der Waals surface area contributed by atoms with Crippen molar-refractivity contribution in [2.45, 2.75) is 25.4 Å². The Labute approximate surface area is 99.5 Å². The Hall–Kier alpha value is -1.88. The van der Waals surface area contributed by atoms with Gasteiger partial charge in [-0.05, 0) is 6.42 Å². The summed E-state index contributed by atoms with van der Waals surface area (Å²) in [5, 5.41) is 7.93. The average Bonchev–Trinajstić information content (AvgIpc) is 2.39. The zero-order valence-electron chi connectivity index (χ0n) is 9.58. The number of azo groups is 1. The van der Waals surface area contributed by atoms with Crippen LogP contribution in [0.5, 0.6) is 0 Å². The summed E-state index contributed by atoms with van der Waals surface area (Å²) in [5.74, 6) is 0.0448. The van der Waals surface area contributed by atoms with E-state index in [9.17, 15) is 4.79 Å². The molecule has 0 fully saturated rings. The van der Waals surface area contributed by atoms with Gasteiger partial charge in [0.05, 0.1) is 0 Å². The fraction of sp³-hybridized carbons (Fsp3) is 0.333. The highest BCUT2D eigenvalue weighted by molar-refractivity contribution is 6.07. The van der Waals surface area contributed by atoms with Gasteiger partial charge in [0, 0.05) is 11.6 Å². The first-order chi connectivity index (χ1) is 8.22. The van der Waals surface area contributed by atoms with Crippen molar-refractivity contribution in [2.24, 2.45) is 21.0 Å². The molecule has 1 aliphatic rings. The van der Waals surface area contributed by atoms with Gasteiger partial charge >= 0.3 is 0 Å². The lowest BCUT2D eigenvalue weighted by Gasteiger charge is -2.17. The molecule has 2 atom stereocenters. The zero-order valence-corrected chi connectivity index (χ0v) is 9.58. The maximum atomic E-state index is 11.8. The highest BCUT2D eigenvalue weighted by Crippen LogP contribution is 2.13. The summed E-state index contributed by atoms with van der Waals surface area (Å²) in [6, 6.07) is 8.35. The minimum absolute atomic E-state index is 0.312. The van der Waals surface area contributed by atoms with E-state index in [0.717, 1.165) is 5.56 Å². The Morgan fingerprint density at radius 2 is 2.06 bits per heavy atom. The van der Waals surface area contributed by atoms with Crippen molar-refractivity contribution in [1.29, 1.82) is 0 Å². The topological polar surface area (TPSA) is 80.2 Å². The van der Waals surface area contributed by atoms with Gasteiger partial charge in [-0.1, -0.05) is 37.3 Å². The number of nitrogens with two attached hydrogens (primary N) is 1. The number of carbonyl (C=O) groups is 1. The number of hydrogen-bond acceptors (Lipinski definition) is 4. The van der Waals surface area contributed by atoms with Crippen molar-refractivity contribution in [3.05, 3.63) is 35.9 Å². The lowest BCUT2D eigenvalue weighted by Crippen LogP contribution is -2.39.